The predicted molar refractivity (Wildman–Crippen MR) is 61.3 cm³/mol. The van der Waals surface area contributed by atoms with Crippen LogP contribution in [0.2, 0.25) is 0 Å². The zero-order chi connectivity index (χ0) is 10.8. The lowest BCUT2D eigenvalue weighted by Crippen LogP contribution is -1.92. The number of aromatic nitrogens is 2. The Balaban J connectivity index is 2.19. The van der Waals surface area contributed by atoms with Crippen molar-refractivity contribution < 1.29 is 4.42 Å². The van der Waals surface area contributed by atoms with Gasteiger partial charge in [0.2, 0.25) is 0 Å². The number of benzene rings is 1. The molecule has 16 heavy (non-hydrogen) atoms. The molecule has 0 fully saturated rings. The van der Waals surface area contributed by atoms with Crippen LogP contribution in [0.3, 0.4) is 0 Å². The molecule has 0 aliphatic heterocycles. The predicted octanol–water partition coefficient (Wildman–Crippen LogP) is 3.13. The van der Waals surface area contributed by atoms with Gasteiger partial charge in [0, 0.05) is 23.5 Å². The highest BCUT2D eigenvalue weighted by Gasteiger charge is 2.06. The van der Waals surface area contributed by atoms with Crippen LogP contribution in [0.5, 0.6) is 0 Å². The van der Waals surface area contributed by atoms with Gasteiger partial charge >= 0.3 is 0 Å². The first-order valence-electron chi connectivity index (χ1n) is 5.05. The lowest BCUT2D eigenvalue weighted by Gasteiger charge is -2.07. The molecule has 0 atom stereocenters. The fourth-order valence-corrected chi connectivity index (χ4v) is 1.76. The normalized spacial score (nSPS) is 10.5. The summed E-state index contributed by atoms with van der Waals surface area (Å²) in [5, 5.41) is 0. The van der Waals surface area contributed by atoms with Gasteiger partial charge in [0.1, 0.15) is 0 Å². The lowest BCUT2D eigenvalue weighted by molar-refractivity contribution is 0.568. The second-order valence-electron chi connectivity index (χ2n) is 3.50. The van der Waals surface area contributed by atoms with Gasteiger partial charge in [-0.05, 0) is 12.1 Å². The molecule has 0 amide bonds. The quantitative estimate of drug-likeness (QED) is 0.650. The molecule has 3 heteroatoms. The summed E-state index contributed by atoms with van der Waals surface area (Å²) in [6.07, 6.45) is 8.92. The third-order valence-corrected chi connectivity index (χ3v) is 2.52. The molecule has 78 valence electrons. The molecule has 3 aromatic rings. The van der Waals surface area contributed by atoms with E-state index in [1.807, 2.05) is 29.0 Å². The number of rotatable bonds is 2. The van der Waals surface area contributed by atoms with Crippen LogP contribution >= 0.6 is 0 Å². The van der Waals surface area contributed by atoms with Crippen molar-refractivity contribution in [1.82, 2.24) is 9.55 Å². The number of hydrogen-bond acceptors (Lipinski definition) is 2. The maximum atomic E-state index is 5.12. The minimum absolute atomic E-state index is 1.07. The van der Waals surface area contributed by atoms with Gasteiger partial charge in [0.15, 0.2) is 0 Å². The van der Waals surface area contributed by atoms with E-state index in [0.29, 0.717) is 0 Å². The van der Waals surface area contributed by atoms with Crippen molar-refractivity contribution in [3.05, 3.63) is 61.6 Å². The van der Waals surface area contributed by atoms with Gasteiger partial charge in [-0.3, -0.25) is 0 Å². The average molecular weight is 210 g/mol. The minimum atomic E-state index is 1.07. The minimum Gasteiger partial charge on any atom is -0.472 e. The van der Waals surface area contributed by atoms with Crippen molar-refractivity contribution in [3.8, 4) is 16.8 Å². The lowest BCUT2D eigenvalue weighted by atomic mass is 10.1. The van der Waals surface area contributed by atoms with Crippen molar-refractivity contribution >= 4 is 0 Å². The standard InChI is InChI=1S/C13H10N2O/c1-2-4-13(15-7-6-14-10-15)12(3-1)11-5-8-16-9-11/h1-10H. The van der Waals surface area contributed by atoms with E-state index in [2.05, 4.69) is 17.1 Å². The van der Waals surface area contributed by atoms with E-state index in [0.717, 1.165) is 16.8 Å². The number of hydrogen-bond donors (Lipinski definition) is 0. The Morgan fingerprint density at radius 1 is 1.12 bits per heavy atom. The van der Waals surface area contributed by atoms with Gasteiger partial charge in [-0.25, -0.2) is 4.98 Å². The van der Waals surface area contributed by atoms with E-state index < -0.39 is 0 Å². The van der Waals surface area contributed by atoms with Crippen molar-refractivity contribution in [1.29, 1.82) is 0 Å². The fourth-order valence-electron chi connectivity index (χ4n) is 1.76. The van der Waals surface area contributed by atoms with Crippen LogP contribution in [0.4, 0.5) is 0 Å². The molecule has 0 bridgehead atoms. The Morgan fingerprint density at radius 3 is 2.81 bits per heavy atom. The zero-order valence-electron chi connectivity index (χ0n) is 8.58. The average Bonchev–Trinajstić information content (AvgIpc) is 3.03. The molecule has 0 N–H and O–H groups in total. The van der Waals surface area contributed by atoms with E-state index >= 15 is 0 Å². The maximum Gasteiger partial charge on any atom is 0.0991 e. The molecule has 0 saturated heterocycles. The Labute approximate surface area is 93.0 Å². The molecule has 0 unspecified atom stereocenters. The molecule has 0 saturated carbocycles. The molecular weight excluding hydrogens is 200 g/mol. The van der Waals surface area contributed by atoms with Crippen LogP contribution in [-0.2, 0) is 0 Å². The van der Waals surface area contributed by atoms with Crippen molar-refractivity contribution in [2.24, 2.45) is 0 Å². The van der Waals surface area contributed by atoms with Crippen molar-refractivity contribution in [3.63, 3.8) is 0 Å². The molecule has 3 rings (SSSR count). The fraction of sp³-hybridized carbons (Fsp3) is 0. The number of para-hydroxylation sites is 1. The van der Waals surface area contributed by atoms with Gasteiger partial charge in [0.25, 0.3) is 0 Å². The SMILES string of the molecule is c1ccc(-n2ccnc2)c(-c2ccoc2)c1. The second-order valence-corrected chi connectivity index (χ2v) is 3.50. The molecular formula is C13H10N2O. The van der Waals surface area contributed by atoms with Crippen LogP contribution in [0.1, 0.15) is 0 Å². The summed E-state index contributed by atoms with van der Waals surface area (Å²) < 4.78 is 7.10. The Bertz CT molecular complexity index is 515. The van der Waals surface area contributed by atoms with Crippen LogP contribution in [0.25, 0.3) is 16.8 Å². The Kier molecular flexibility index (Phi) is 2.07. The first-order chi connectivity index (χ1) is 7.95. The van der Waals surface area contributed by atoms with E-state index in [9.17, 15) is 0 Å². The Morgan fingerprint density at radius 2 is 2.06 bits per heavy atom. The van der Waals surface area contributed by atoms with Crippen molar-refractivity contribution in [2.45, 2.75) is 0 Å². The largest absolute Gasteiger partial charge is 0.472 e. The Hall–Kier alpha value is -2.29. The third-order valence-electron chi connectivity index (χ3n) is 2.52. The van der Waals surface area contributed by atoms with E-state index in [-0.39, 0.29) is 0 Å². The summed E-state index contributed by atoms with van der Waals surface area (Å²) in [4.78, 5) is 4.06. The monoisotopic (exact) mass is 210 g/mol. The van der Waals surface area contributed by atoms with Gasteiger partial charge in [-0.1, -0.05) is 18.2 Å². The molecule has 0 radical (unpaired) electrons. The molecule has 1 aromatic carbocycles. The molecule has 2 heterocycles. The first kappa shape index (κ1) is 8.97. The molecule has 0 aliphatic rings. The van der Waals surface area contributed by atoms with Crippen molar-refractivity contribution in [2.75, 3.05) is 0 Å². The van der Waals surface area contributed by atoms with Crippen LogP contribution in [0.15, 0.2) is 66.0 Å². The molecule has 2 aromatic heterocycles. The number of imidazole rings is 1. The van der Waals surface area contributed by atoms with Crippen LogP contribution in [0, 0.1) is 0 Å². The summed E-state index contributed by atoms with van der Waals surface area (Å²) in [7, 11) is 0. The van der Waals surface area contributed by atoms with Gasteiger partial charge in [0.05, 0.1) is 24.5 Å². The number of nitrogens with zero attached hydrogens (tertiary/aromatic N) is 2. The third kappa shape index (κ3) is 1.42. The van der Waals surface area contributed by atoms with E-state index in [4.69, 9.17) is 4.42 Å². The zero-order valence-corrected chi connectivity index (χ0v) is 8.58. The highest BCUT2D eigenvalue weighted by molar-refractivity contribution is 5.72. The summed E-state index contributed by atoms with van der Waals surface area (Å²) in [6.45, 7) is 0. The van der Waals surface area contributed by atoms with E-state index in [1.54, 1.807) is 25.1 Å². The van der Waals surface area contributed by atoms with Gasteiger partial charge in [-0.15, -0.1) is 0 Å². The van der Waals surface area contributed by atoms with Crippen LogP contribution in [-0.4, -0.2) is 9.55 Å². The molecule has 0 aliphatic carbocycles. The second kappa shape index (κ2) is 3.70. The summed E-state index contributed by atoms with van der Waals surface area (Å²) >= 11 is 0. The molecule has 0 spiro atoms. The highest BCUT2D eigenvalue weighted by atomic mass is 16.3. The van der Waals surface area contributed by atoms with Crippen LogP contribution < -0.4 is 0 Å². The summed E-state index contributed by atoms with van der Waals surface area (Å²) in [5.74, 6) is 0. The van der Waals surface area contributed by atoms with E-state index in [1.165, 1.54) is 0 Å². The summed E-state index contributed by atoms with van der Waals surface area (Å²) in [5.41, 5.74) is 3.31. The topological polar surface area (TPSA) is 31.0 Å². The van der Waals surface area contributed by atoms with Gasteiger partial charge in [-0.2, -0.15) is 0 Å². The summed E-state index contributed by atoms with van der Waals surface area (Å²) in [6, 6.07) is 10.1. The first-order valence-corrected chi connectivity index (χ1v) is 5.05. The maximum absolute atomic E-state index is 5.12. The van der Waals surface area contributed by atoms with Gasteiger partial charge < -0.3 is 8.98 Å². The molecule has 3 nitrogen and oxygen atoms in total. The number of furan rings is 1. The highest BCUT2D eigenvalue weighted by Crippen LogP contribution is 2.26. The smallest absolute Gasteiger partial charge is 0.0991 e.